The molecule has 29 heavy (non-hydrogen) atoms. The van der Waals surface area contributed by atoms with Crippen LogP contribution in [0.3, 0.4) is 0 Å². The fourth-order valence-corrected chi connectivity index (χ4v) is 2.17. The summed E-state index contributed by atoms with van der Waals surface area (Å²) in [4.78, 5) is 58.2. The number of rotatable bonds is 12. The van der Waals surface area contributed by atoms with Gasteiger partial charge in [-0.15, -0.1) is 0 Å². The van der Waals surface area contributed by atoms with E-state index in [2.05, 4.69) is 16.0 Å². The summed E-state index contributed by atoms with van der Waals surface area (Å²) in [5.74, 6) is -6.19. The molecule has 3 amide bonds. The molecule has 166 valence electrons. The van der Waals surface area contributed by atoms with Crippen molar-refractivity contribution in [2.24, 2.45) is 11.7 Å². The van der Waals surface area contributed by atoms with Crippen LogP contribution < -0.4 is 21.7 Å². The lowest BCUT2D eigenvalue weighted by Gasteiger charge is -2.27. The molecule has 0 aliphatic rings. The fourth-order valence-electron chi connectivity index (χ4n) is 2.17. The number of hydrogen-bond acceptors (Lipinski definition) is 8. The highest BCUT2D eigenvalue weighted by molar-refractivity contribution is 5.94. The molecule has 0 aliphatic carbocycles. The van der Waals surface area contributed by atoms with Gasteiger partial charge in [-0.1, -0.05) is 13.8 Å². The highest BCUT2D eigenvalue weighted by Gasteiger charge is 2.33. The van der Waals surface area contributed by atoms with Gasteiger partial charge in [0.15, 0.2) is 6.04 Å². The summed E-state index contributed by atoms with van der Waals surface area (Å²) in [5, 5.41) is 42.9. The molecule has 0 bridgehead atoms. The molecule has 0 saturated carbocycles. The number of amides is 3. The number of carbonyl (C=O) groups excluding carboxylic acids is 3. The quantitative estimate of drug-likeness (QED) is 0.154. The monoisotopic (exact) mass is 420 g/mol. The normalized spacial score (nSPS) is 16.1. The van der Waals surface area contributed by atoms with E-state index in [0.29, 0.717) is 0 Å². The third-order valence-corrected chi connectivity index (χ3v) is 3.84. The summed E-state index contributed by atoms with van der Waals surface area (Å²) in [6, 6.07) is -5.84. The number of aliphatic hydroxyl groups excluding tert-OH is 2. The average Bonchev–Trinajstić information content (AvgIpc) is 2.59. The second-order valence-corrected chi connectivity index (χ2v) is 6.74. The Labute approximate surface area is 166 Å². The summed E-state index contributed by atoms with van der Waals surface area (Å²) in [6.07, 6.45) is -2.10. The van der Waals surface area contributed by atoms with Gasteiger partial charge in [0.1, 0.15) is 12.1 Å². The molecule has 0 spiro atoms. The van der Waals surface area contributed by atoms with Crippen molar-refractivity contribution in [3.05, 3.63) is 0 Å². The maximum Gasteiger partial charge on any atom is 0.328 e. The van der Waals surface area contributed by atoms with Crippen LogP contribution in [0.5, 0.6) is 0 Å². The number of nitrogens with two attached hydrogens (primary N) is 1. The number of carboxylic acids is 2. The first-order valence-corrected chi connectivity index (χ1v) is 8.72. The molecule has 0 aliphatic heterocycles. The molecule has 0 aromatic rings. The van der Waals surface area contributed by atoms with Gasteiger partial charge >= 0.3 is 11.9 Å². The smallest absolute Gasteiger partial charge is 0.328 e. The number of aliphatic hydroxyl groups is 2. The fraction of sp³-hybridized carbons (Fsp3) is 0.688. The lowest BCUT2D eigenvalue weighted by atomic mass is 10.0. The van der Waals surface area contributed by atoms with Gasteiger partial charge in [0, 0.05) is 0 Å². The van der Waals surface area contributed by atoms with Crippen molar-refractivity contribution in [2.45, 2.75) is 57.5 Å². The third kappa shape index (κ3) is 8.85. The minimum atomic E-state index is -1.61. The topological polar surface area (TPSA) is 228 Å². The minimum absolute atomic E-state index is 0.522. The predicted molar refractivity (Wildman–Crippen MR) is 97.3 cm³/mol. The number of nitrogens with one attached hydrogen (secondary N) is 3. The van der Waals surface area contributed by atoms with Crippen molar-refractivity contribution in [1.29, 1.82) is 0 Å². The molecule has 0 aromatic heterocycles. The van der Waals surface area contributed by atoms with Crippen LogP contribution in [0.1, 0.15) is 27.2 Å². The Morgan fingerprint density at radius 2 is 1.38 bits per heavy atom. The summed E-state index contributed by atoms with van der Waals surface area (Å²) in [7, 11) is 0. The SMILES string of the molecule is CC(C)C(NC(=O)C(CO)NC(=O)C(N)CC(=O)O)C(=O)NC(C(=O)O)C(C)O. The highest BCUT2D eigenvalue weighted by atomic mass is 16.4. The molecule has 0 rings (SSSR count). The van der Waals surface area contributed by atoms with Gasteiger partial charge in [0.05, 0.1) is 25.2 Å². The predicted octanol–water partition coefficient (Wildman–Crippen LogP) is -3.64. The van der Waals surface area contributed by atoms with Crippen molar-refractivity contribution < 1.29 is 44.4 Å². The molecule has 9 N–H and O–H groups in total. The van der Waals surface area contributed by atoms with Crippen LogP contribution >= 0.6 is 0 Å². The standard InChI is InChI=1S/C16H28N4O9/c1-6(2)11(15(27)20-12(7(3)22)16(28)29)19-14(26)9(5-21)18-13(25)8(17)4-10(23)24/h6-9,11-12,21-22H,4-5,17H2,1-3H3,(H,18,25)(H,19,26)(H,20,27)(H,23,24)(H,28,29). The summed E-state index contributed by atoms with van der Waals surface area (Å²) < 4.78 is 0. The molecule has 5 atom stereocenters. The number of aliphatic carboxylic acids is 2. The highest BCUT2D eigenvalue weighted by Crippen LogP contribution is 2.05. The first-order valence-electron chi connectivity index (χ1n) is 8.72. The Balaban J connectivity index is 5.18. The third-order valence-electron chi connectivity index (χ3n) is 3.84. The van der Waals surface area contributed by atoms with E-state index in [-0.39, 0.29) is 0 Å². The number of carbonyl (C=O) groups is 5. The van der Waals surface area contributed by atoms with Crippen molar-refractivity contribution >= 4 is 29.7 Å². The number of hydrogen-bond donors (Lipinski definition) is 8. The Hall–Kier alpha value is -2.77. The molecule has 0 aromatic carbocycles. The van der Waals surface area contributed by atoms with E-state index >= 15 is 0 Å². The van der Waals surface area contributed by atoms with Crippen molar-refractivity contribution in [2.75, 3.05) is 6.61 Å². The Morgan fingerprint density at radius 1 is 0.862 bits per heavy atom. The zero-order valence-electron chi connectivity index (χ0n) is 16.3. The Kier molecular flexibility index (Phi) is 10.8. The van der Waals surface area contributed by atoms with Gasteiger partial charge in [0.2, 0.25) is 17.7 Å². The van der Waals surface area contributed by atoms with Crippen LogP contribution in [0.2, 0.25) is 0 Å². The molecular formula is C16H28N4O9. The van der Waals surface area contributed by atoms with E-state index in [1.54, 1.807) is 13.8 Å². The van der Waals surface area contributed by atoms with Crippen LogP contribution in [0.25, 0.3) is 0 Å². The first-order chi connectivity index (χ1) is 13.3. The molecule has 13 nitrogen and oxygen atoms in total. The molecule has 5 unspecified atom stereocenters. The van der Waals surface area contributed by atoms with E-state index in [4.69, 9.17) is 15.9 Å². The van der Waals surface area contributed by atoms with Crippen molar-refractivity contribution in [3.8, 4) is 0 Å². The van der Waals surface area contributed by atoms with Crippen molar-refractivity contribution in [3.63, 3.8) is 0 Å². The lowest BCUT2D eigenvalue weighted by Crippen LogP contribution is -2.60. The maximum absolute atomic E-state index is 12.4. The summed E-state index contributed by atoms with van der Waals surface area (Å²) >= 11 is 0. The largest absolute Gasteiger partial charge is 0.481 e. The van der Waals surface area contributed by atoms with Crippen LogP contribution in [0.4, 0.5) is 0 Å². The molecular weight excluding hydrogens is 392 g/mol. The molecule has 0 fully saturated rings. The van der Waals surface area contributed by atoms with E-state index < -0.39 is 78.9 Å². The van der Waals surface area contributed by atoms with Crippen LogP contribution in [0.15, 0.2) is 0 Å². The van der Waals surface area contributed by atoms with E-state index in [9.17, 15) is 34.2 Å². The van der Waals surface area contributed by atoms with Gasteiger partial charge in [-0.25, -0.2) is 4.79 Å². The van der Waals surface area contributed by atoms with Crippen LogP contribution in [-0.2, 0) is 24.0 Å². The first kappa shape index (κ1) is 26.2. The molecule has 0 heterocycles. The van der Waals surface area contributed by atoms with Crippen LogP contribution in [0, 0.1) is 5.92 Å². The van der Waals surface area contributed by atoms with Gasteiger partial charge in [-0.2, -0.15) is 0 Å². The maximum atomic E-state index is 12.4. The summed E-state index contributed by atoms with van der Waals surface area (Å²) in [6.45, 7) is 3.41. The number of carboxylic acid groups (broad SMARTS) is 2. The zero-order valence-corrected chi connectivity index (χ0v) is 16.3. The minimum Gasteiger partial charge on any atom is -0.481 e. The van der Waals surface area contributed by atoms with E-state index in [1.807, 2.05) is 0 Å². The molecule has 0 radical (unpaired) electrons. The average molecular weight is 420 g/mol. The zero-order chi connectivity index (χ0) is 22.9. The Morgan fingerprint density at radius 3 is 1.76 bits per heavy atom. The van der Waals surface area contributed by atoms with Gasteiger partial charge in [0.25, 0.3) is 0 Å². The molecule has 0 saturated heterocycles. The van der Waals surface area contributed by atoms with E-state index in [0.717, 1.165) is 0 Å². The second kappa shape index (κ2) is 11.9. The lowest BCUT2D eigenvalue weighted by molar-refractivity contribution is -0.145. The molecule has 13 heteroatoms. The van der Waals surface area contributed by atoms with E-state index in [1.165, 1.54) is 6.92 Å². The van der Waals surface area contributed by atoms with Gasteiger partial charge < -0.3 is 42.1 Å². The second-order valence-electron chi connectivity index (χ2n) is 6.74. The van der Waals surface area contributed by atoms with Crippen LogP contribution in [-0.4, -0.2) is 87.0 Å². The van der Waals surface area contributed by atoms with Gasteiger partial charge in [-0.3, -0.25) is 19.2 Å². The summed E-state index contributed by atoms with van der Waals surface area (Å²) in [5.41, 5.74) is 5.38. The van der Waals surface area contributed by atoms with Gasteiger partial charge in [-0.05, 0) is 12.8 Å². The van der Waals surface area contributed by atoms with Crippen molar-refractivity contribution in [1.82, 2.24) is 16.0 Å². The Bertz CT molecular complexity index is 624.